The number of carbonyl (C=O) groups is 2. The van der Waals surface area contributed by atoms with Gasteiger partial charge in [-0.1, -0.05) is 36.3 Å². The van der Waals surface area contributed by atoms with Gasteiger partial charge in [0.15, 0.2) is 0 Å². The van der Waals surface area contributed by atoms with E-state index >= 15 is 0 Å². The van der Waals surface area contributed by atoms with Crippen LogP contribution < -0.4 is 0 Å². The van der Waals surface area contributed by atoms with Crippen LogP contribution in [0, 0.1) is 12.3 Å². The van der Waals surface area contributed by atoms with E-state index in [1.807, 2.05) is 30.3 Å². The molecule has 0 bridgehead atoms. The molecule has 0 spiro atoms. The Morgan fingerprint density at radius 1 is 1.25 bits per heavy atom. The molecule has 0 aromatic heterocycles. The zero-order valence-electron chi connectivity index (χ0n) is 11.4. The molecule has 0 unspecified atom stereocenters. The molecule has 20 heavy (non-hydrogen) atoms. The number of hydrogen-bond donors (Lipinski definition) is 0. The molecule has 0 aliphatic heterocycles. The van der Waals surface area contributed by atoms with Crippen molar-refractivity contribution in [3.8, 4) is 12.3 Å². The molecule has 5 heteroatoms. The molecule has 0 aliphatic carbocycles. The van der Waals surface area contributed by atoms with E-state index in [2.05, 4.69) is 5.92 Å². The van der Waals surface area contributed by atoms with E-state index in [4.69, 9.17) is 15.9 Å². The van der Waals surface area contributed by atoms with Crippen LogP contribution in [-0.4, -0.2) is 36.7 Å². The van der Waals surface area contributed by atoms with Crippen molar-refractivity contribution in [2.24, 2.45) is 0 Å². The molecule has 0 radical (unpaired) electrons. The highest BCUT2D eigenvalue weighted by molar-refractivity contribution is 5.78. The highest BCUT2D eigenvalue weighted by atomic mass is 16.6. The molecule has 106 valence electrons. The quantitative estimate of drug-likeness (QED) is 0.587. The van der Waals surface area contributed by atoms with Gasteiger partial charge >= 0.3 is 12.1 Å². The molecule has 1 rings (SSSR count). The normalized spacial score (nSPS) is 9.40. The smallest absolute Gasteiger partial charge is 0.411 e. The Bertz CT molecular complexity index is 478. The summed E-state index contributed by atoms with van der Waals surface area (Å²) in [6, 6.07) is 9.24. The summed E-state index contributed by atoms with van der Waals surface area (Å²) in [4.78, 5) is 24.3. The molecule has 5 nitrogen and oxygen atoms in total. The first-order chi connectivity index (χ1) is 9.67. The van der Waals surface area contributed by atoms with Crippen LogP contribution in [0.3, 0.4) is 0 Å². The summed E-state index contributed by atoms with van der Waals surface area (Å²) in [5.41, 5.74) is 0.859. The van der Waals surface area contributed by atoms with Gasteiger partial charge in [-0.05, 0) is 12.5 Å². The van der Waals surface area contributed by atoms with Crippen molar-refractivity contribution in [1.29, 1.82) is 0 Å². The lowest BCUT2D eigenvalue weighted by molar-refractivity contribution is -0.143. The van der Waals surface area contributed by atoms with Crippen molar-refractivity contribution < 1.29 is 19.1 Å². The average Bonchev–Trinajstić information content (AvgIpc) is 2.45. The Labute approximate surface area is 118 Å². The summed E-state index contributed by atoms with van der Waals surface area (Å²) in [6.07, 6.45) is 4.53. The monoisotopic (exact) mass is 275 g/mol. The Morgan fingerprint density at radius 2 is 1.95 bits per heavy atom. The molecule has 0 saturated heterocycles. The van der Waals surface area contributed by atoms with Crippen molar-refractivity contribution in [3.63, 3.8) is 0 Å². The molecule has 0 aliphatic rings. The Morgan fingerprint density at radius 3 is 2.55 bits per heavy atom. The summed E-state index contributed by atoms with van der Waals surface area (Å²) in [6.45, 7) is 1.85. The van der Waals surface area contributed by atoms with E-state index in [9.17, 15) is 9.59 Å². The fourth-order valence-electron chi connectivity index (χ4n) is 1.47. The number of ether oxygens (including phenoxy) is 2. The topological polar surface area (TPSA) is 55.8 Å². The van der Waals surface area contributed by atoms with E-state index in [1.54, 1.807) is 6.92 Å². The molecule has 0 heterocycles. The van der Waals surface area contributed by atoms with Crippen LogP contribution in [0.15, 0.2) is 30.3 Å². The van der Waals surface area contributed by atoms with Crippen LogP contribution >= 0.6 is 0 Å². The van der Waals surface area contributed by atoms with Crippen LogP contribution in [-0.2, 0) is 20.9 Å². The Hall–Kier alpha value is -2.48. The first-order valence-electron chi connectivity index (χ1n) is 6.22. The minimum Gasteiger partial charge on any atom is -0.465 e. The number of rotatable bonds is 6. The SMILES string of the molecule is C#CCN(CC(=O)OCC)C(=O)OCc1ccccc1. The largest absolute Gasteiger partial charge is 0.465 e. The third-order valence-corrected chi connectivity index (χ3v) is 2.37. The number of carbonyl (C=O) groups excluding carboxylic acids is 2. The first-order valence-corrected chi connectivity index (χ1v) is 6.22. The standard InChI is InChI=1S/C15H17NO4/c1-3-10-16(11-14(17)19-4-2)15(18)20-12-13-8-6-5-7-9-13/h1,5-9H,4,10-12H2,2H3. The van der Waals surface area contributed by atoms with Crippen molar-refractivity contribution in [2.45, 2.75) is 13.5 Å². The van der Waals surface area contributed by atoms with Gasteiger partial charge in [0, 0.05) is 0 Å². The summed E-state index contributed by atoms with van der Waals surface area (Å²) < 4.78 is 9.88. The highest BCUT2D eigenvalue weighted by Crippen LogP contribution is 2.03. The third kappa shape index (κ3) is 5.44. The van der Waals surface area contributed by atoms with Gasteiger partial charge in [0.25, 0.3) is 0 Å². The molecule has 1 aromatic rings. The van der Waals surface area contributed by atoms with Gasteiger partial charge in [0.1, 0.15) is 13.2 Å². The molecule has 0 N–H and O–H groups in total. The van der Waals surface area contributed by atoms with Crippen LogP contribution in [0.5, 0.6) is 0 Å². The first kappa shape index (κ1) is 15.6. The van der Waals surface area contributed by atoms with E-state index in [-0.39, 0.29) is 26.3 Å². The number of esters is 1. The lowest BCUT2D eigenvalue weighted by atomic mass is 10.2. The average molecular weight is 275 g/mol. The van der Waals surface area contributed by atoms with Gasteiger partial charge in [0.2, 0.25) is 0 Å². The second kappa shape index (κ2) is 8.59. The van der Waals surface area contributed by atoms with Crippen molar-refractivity contribution in [2.75, 3.05) is 19.7 Å². The fraction of sp³-hybridized carbons (Fsp3) is 0.333. The van der Waals surface area contributed by atoms with E-state index in [1.165, 1.54) is 0 Å². The highest BCUT2D eigenvalue weighted by Gasteiger charge is 2.18. The van der Waals surface area contributed by atoms with E-state index in [0.717, 1.165) is 10.5 Å². The Kier molecular flexibility index (Phi) is 6.69. The van der Waals surface area contributed by atoms with Crippen molar-refractivity contribution in [3.05, 3.63) is 35.9 Å². The van der Waals surface area contributed by atoms with Gasteiger partial charge in [0.05, 0.1) is 13.2 Å². The summed E-state index contributed by atoms with van der Waals surface area (Å²) >= 11 is 0. The number of nitrogens with zero attached hydrogens (tertiary/aromatic N) is 1. The fourth-order valence-corrected chi connectivity index (χ4v) is 1.47. The van der Waals surface area contributed by atoms with Crippen LogP contribution in [0.4, 0.5) is 4.79 Å². The summed E-state index contributed by atoms with van der Waals surface area (Å²) in [5, 5.41) is 0. The molecular weight excluding hydrogens is 258 g/mol. The number of terminal acetylenes is 1. The zero-order valence-corrected chi connectivity index (χ0v) is 11.4. The predicted octanol–water partition coefficient (Wildman–Crippen LogP) is 1.82. The molecule has 0 fully saturated rings. The van der Waals surface area contributed by atoms with Crippen LogP contribution in [0.1, 0.15) is 12.5 Å². The lowest BCUT2D eigenvalue weighted by Crippen LogP contribution is -2.37. The predicted molar refractivity (Wildman–Crippen MR) is 73.7 cm³/mol. The zero-order chi connectivity index (χ0) is 14.8. The van der Waals surface area contributed by atoms with E-state index in [0.29, 0.717) is 0 Å². The summed E-state index contributed by atoms with van der Waals surface area (Å²) in [7, 11) is 0. The van der Waals surface area contributed by atoms with Crippen LogP contribution in [0.2, 0.25) is 0 Å². The molecule has 1 aromatic carbocycles. The minimum absolute atomic E-state index is 0.00750. The molecule has 1 amide bonds. The van der Waals surface area contributed by atoms with Gasteiger partial charge in [-0.2, -0.15) is 0 Å². The second-order valence-electron chi connectivity index (χ2n) is 3.91. The second-order valence-corrected chi connectivity index (χ2v) is 3.91. The molecule has 0 atom stereocenters. The van der Waals surface area contributed by atoms with Gasteiger partial charge in [-0.15, -0.1) is 6.42 Å². The van der Waals surface area contributed by atoms with Gasteiger partial charge < -0.3 is 9.47 Å². The van der Waals surface area contributed by atoms with E-state index < -0.39 is 12.1 Å². The number of benzene rings is 1. The molecular formula is C15H17NO4. The Balaban J connectivity index is 2.51. The van der Waals surface area contributed by atoms with Crippen molar-refractivity contribution >= 4 is 12.1 Å². The lowest BCUT2D eigenvalue weighted by Gasteiger charge is -2.18. The minimum atomic E-state index is -0.639. The third-order valence-electron chi connectivity index (χ3n) is 2.37. The van der Waals surface area contributed by atoms with Gasteiger partial charge in [-0.3, -0.25) is 9.69 Å². The number of amides is 1. The molecule has 0 saturated carbocycles. The van der Waals surface area contributed by atoms with Crippen LogP contribution in [0.25, 0.3) is 0 Å². The maximum atomic E-state index is 11.8. The maximum absolute atomic E-state index is 11.8. The summed E-state index contributed by atoms with van der Waals surface area (Å²) in [5.74, 6) is 1.80. The number of hydrogen-bond acceptors (Lipinski definition) is 4. The maximum Gasteiger partial charge on any atom is 0.411 e. The van der Waals surface area contributed by atoms with Gasteiger partial charge in [-0.25, -0.2) is 4.79 Å². The van der Waals surface area contributed by atoms with Crippen molar-refractivity contribution in [1.82, 2.24) is 4.90 Å².